The number of aliphatic hydroxyl groups excluding tert-OH is 1. The van der Waals surface area contributed by atoms with Crippen molar-refractivity contribution in [2.24, 2.45) is 22.6 Å². The number of Topliss-reactive ketones (excluding diaryl/α,β-unsaturated/α-hetero) is 2. The van der Waals surface area contributed by atoms with Crippen molar-refractivity contribution < 1.29 is 29.0 Å². The maximum absolute atomic E-state index is 14.7. The molecule has 13 heteroatoms. The van der Waals surface area contributed by atoms with Crippen molar-refractivity contribution >= 4 is 29.3 Å². The highest BCUT2D eigenvalue weighted by Crippen LogP contribution is 2.59. The van der Waals surface area contributed by atoms with Gasteiger partial charge in [0, 0.05) is 49.4 Å². The number of carbonyl (C=O) groups excluding carboxylic acids is 3. The molecule has 1 aromatic carbocycles. The fraction of sp³-hybridized carbons (Fsp3) is 0.500. The molecular weight excluding hydrogens is 699 g/mol. The maximum Gasteiger partial charge on any atom is 0.350 e. The number of aliphatic imine (C=N–C) groups is 1. The highest BCUT2D eigenvalue weighted by Gasteiger charge is 2.85. The number of ether oxygens (including phenoxy) is 2. The zero-order valence-corrected chi connectivity index (χ0v) is 32.3. The number of pyridine rings is 1. The van der Waals surface area contributed by atoms with Gasteiger partial charge in [-0.05, 0) is 88.2 Å². The van der Waals surface area contributed by atoms with Crippen molar-refractivity contribution in [1.82, 2.24) is 20.9 Å². The monoisotopic (exact) mass is 753 g/mol. The third-order valence-corrected chi connectivity index (χ3v) is 11.4. The Hall–Kier alpha value is -4.69. The summed E-state index contributed by atoms with van der Waals surface area (Å²) in [5.74, 6) is -0.690. The number of hydrogen-bond acceptors (Lipinski definition) is 11. The standard InChI is InChI=1S/C42H55N7O6/c1-5-46-34-23-28-12-7-6-11-27(28)22-32(34)35(15-10-20-50)54-39(53)42-38(52)31-14-9-8-13-30(31)37(51)41(42,55-42)18-16-26(2)21-33(49-40(43)45-4)29-17-19-47-36(24-29)48-25-44-3/h7-9,12-14,16-17,19,23-24,27,32-35,44,46,50H,5-6,10-11,15,18,20-22,25H2,1-4H3,(H,47,48)(H3,43,45,49)/b26-16+/t27-,32+,33+,34+,35-,41-,42-/m0/s1. The molecule has 13 nitrogen and oxygen atoms in total. The van der Waals surface area contributed by atoms with Crippen LogP contribution in [0.2, 0.25) is 0 Å². The second-order valence-corrected chi connectivity index (χ2v) is 14.9. The number of fused-ring (bicyclic) bond motifs is 3. The minimum absolute atomic E-state index is 0.0203. The number of guanidine groups is 1. The van der Waals surface area contributed by atoms with E-state index in [9.17, 15) is 19.5 Å². The second-order valence-electron chi connectivity index (χ2n) is 14.9. The number of likely N-dealkylation sites (N-methyl/N-ethyl adjacent to an activating group) is 1. The van der Waals surface area contributed by atoms with Crippen molar-refractivity contribution in [2.45, 2.75) is 88.2 Å². The molecule has 0 saturated carbocycles. The summed E-state index contributed by atoms with van der Waals surface area (Å²) in [5, 5.41) is 23.0. The first-order valence-corrected chi connectivity index (χ1v) is 19.4. The average molecular weight is 754 g/mol. The van der Waals surface area contributed by atoms with E-state index in [0.717, 1.165) is 36.9 Å². The van der Waals surface area contributed by atoms with Crippen molar-refractivity contribution in [3.63, 3.8) is 0 Å². The third-order valence-electron chi connectivity index (χ3n) is 11.4. The van der Waals surface area contributed by atoms with Gasteiger partial charge in [0.2, 0.25) is 5.78 Å². The van der Waals surface area contributed by atoms with Gasteiger partial charge in [-0.3, -0.25) is 14.6 Å². The van der Waals surface area contributed by atoms with E-state index in [1.54, 1.807) is 37.5 Å². The van der Waals surface area contributed by atoms with Gasteiger partial charge in [0.05, 0.1) is 12.7 Å². The predicted molar refractivity (Wildman–Crippen MR) is 212 cm³/mol. The van der Waals surface area contributed by atoms with E-state index < -0.39 is 34.8 Å². The Morgan fingerprint density at radius 3 is 2.73 bits per heavy atom. The number of nitrogens with one attached hydrogen (secondary N) is 4. The lowest BCUT2D eigenvalue weighted by Crippen LogP contribution is -2.53. The summed E-state index contributed by atoms with van der Waals surface area (Å²) in [7, 11) is 3.44. The number of epoxide rings is 1. The van der Waals surface area contributed by atoms with Gasteiger partial charge in [0.25, 0.3) is 5.60 Å². The number of nitrogens with two attached hydrogens (primary N) is 1. The maximum atomic E-state index is 14.7. The summed E-state index contributed by atoms with van der Waals surface area (Å²) in [4.78, 5) is 52.0. The van der Waals surface area contributed by atoms with Crippen molar-refractivity contribution in [3.05, 3.63) is 94.7 Å². The van der Waals surface area contributed by atoms with Crippen molar-refractivity contribution in [3.8, 4) is 0 Å². The SMILES string of the molecule is CCN[C@@H]1C=C2C=CCC[C@H]2C[C@H]1[C@H](CCCO)OC(=O)[C@]12O[C@@]1(C/C=C(\C)C[C@@H](NC(N)=NC)c1ccnc(NCNC)c1)C(=O)c1ccccc1C2=O. The molecule has 0 unspecified atom stereocenters. The summed E-state index contributed by atoms with van der Waals surface area (Å²) in [6, 6.07) is 9.99. The van der Waals surface area contributed by atoms with Crippen LogP contribution in [0.5, 0.6) is 0 Å². The first kappa shape index (κ1) is 40.0. The zero-order valence-electron chi connectivity index (χ0n) is 32.3. The smallest absolute Gasteiger partial charge is 0.350 e. The van der Waals surface area contributed by atoms with Crippen molar-refractivity contribution in [1.29, 1.82) is 0 Å². The van der Waals surface area contributed by atoms with Crippen LogP contribution in [-0.4, -0.2) is 90.8 Å². The van der Waals surface area contributed by atoms with Crippen molar-refractivity contribution in [2.75, 3.05) is 39.2 Å². The number of aliphatic hydroxyl groups is 1. The van der Waals surface area contributed by atoms with E-state index in [4.69, 9.17) is 15.2 Å². The highest BCUT2D eigenvalue weighted by molar-refractivity contribution is 6.32. The Kier molecular flexibility index (Phi) is 12.7. The minimum Gasteiger partial charge on any atom is -0.459 e. The van der Waals surface area contributed by atoms with E-state index in [1.807, 2.05) is 39.1 Å². The fourth-order valence-corrected chi connectivity index (χ4v) is 8.47. The van der Waals surface area contributed by atoms with Crippen LogP contribution < -0.4 is 27.0 Å². The molecule has 0 amide bonds. The van der Waals surface area contributed by atoms with Crippen LogP contribution in [0.4, 0.5) is 5.82 Å². The predicted octanol–water partition coefficient (Wildman–Crippen LogP) is 4.13. The molecule has 2 heterocycles. The molecule has 4 aliphatic rings. The molecule has 0 spiro atoms. The lowest BCUT2D eigenvalue weighted by atomic mass is 9.71. The molecular formula is C42H55N7O6. The van der Waals surface area contributed by atoms with Crippen LogP contribution in [0.25, 0.3) is 0 Å². The van der Waals surface area contributed by atoms with Crippen LogP contribution in [0, 0.1) is 11.8 Å². The zero-order chi connectivity index (χ0) is 39.2. The van der Waals surface area contributed by atoms with Gasteiger partial charge in [-0.1, -0.05) is 61.1 Å². The number of ketones is 2. The number of hydrogen-bond donors (Lipinski definition) is 6. The molecule has 6 rings (SSSR count). The lowest BCUT2D eigenvalue weighted by molar-refractivity contribution is -0.158. The van der Waals surface area contributed by atoms with E-state index in [-0.39, 0.29) is 48.1 Å². The molecule has 1 fully saturated rings. The second kappa shape index (κ2) is 17.4. The Morgan fingerprint density at radius 2 is 2.00 bits per heavy atom. The summed E-state index contributed by atoms with van der Waals surface area (Å²) >= 11 is 0. The molecule has 294 valence electrons. The van der Waals surface area contributed by atoms with Gasteiger partial charge in [-0.2, -0.15) is 0 Å². The van der Waals surface area contributed by atoms with Gasteiger partial charge in [-0.15, -0.1) is 0 Å². The number of esters is 1. The van der Waals surface area contributed by atoms with Crippen LogP contribution in [0.3, 0.4) is 0 Å². The largest absolute Gasteiger partial charge is 0.459 e. The molecule has 1 aliphatic heterocycles. The number of allylic oxidation sites excluding steroid dienone is 3. The Balaban J connectivity index is 1.30. The van der Waals surface area contributed by atoms with E-state index in [0.29, 0.717) is 37.7 Å². The molecule has 0 bridgehead atoms. The van der Waals surface area contributed by atoms with E-state index in [2.05, 4.69) is 49.5 Å². The van der Waals surface area contributed by atoms with Crippen LogP contribution in [0.15, 0.2) is 83.0 Å². The number of benzene rings is 1. The first-order valence-electron chi connectivity index (χ1n) is 19.4. The number of nitrogens with zero attached hydrogens (tertiary/aromatic N) is 2. The number of carbonyl (C=O) groups is 3. The average Bonchev–Trinajstić information content (AvgIpc) is 3.92. The molecule has 2 aromatic rings. The summed E-state index contributed by atoms with van der Waals surface area (Å²) in [6.07, 6.45) is 13.6. The van der Waals surface area contributed by atoms with Gasteiger partial charge in [0.15, 0.2) is 17.3 Å². The van der Waals surface area contributed by atoms with Gasteiger partial charge in [0.1, 0.15) is 11.9 Å². The van der Waals surface area contributed by atoms with Gasteiger partial charge < -0.3 is 41.6 Å². The van der Waals surface area contributed by atoms with E-state index in [1.165, 1.54) is 5.57 Å². The molecule has 7 atom stereocenters. The molecule has 3 aliphatic carbocycles. The van der Waals surface area contributed by atoms with Crippen LogP contribution >= 0.6 is 0 Å². The van der Waals surface area contributed by atoms with E-state index >= 15 is 0 Å². The summed E-state index contributed by atoms with van der Waals surface area (Å²) in [5.41, 5.74) is 5.68. The molecule has 1 saturated heterocycles. The van der Waals surface area contributed by atoms with Crippen LogP contribution in [-0.2, 0) is 14.3 Å². The lowest BCUT2D eigenvalue weighted by Gasteiger charge is -2.40. The summed E-state index contributed by atoms with van der Waals surface area (Å²) < 4.78 is 12.7. The first-order chi connectivity index (χ1) is 26.6. The normalized spacial score (nSPS) is 26.9. The Morgan fingerprint density at radius 1 is 1.22 bits per heavy atom. The third kappa shape index (κ3) is 8.02. The highest BCUT2D eigenvalue weighted by atomic mass is 16.7. The van der Waals surface area contributed by atoms with Gasteiger partial charge >= 0.3 is 5.97 Å². The molecule has 7 N–H and O–H groups in total. The minimum atomic E-state index is -2.13. The number of aromatic nitrogens is 1. The van der Waals surface area contributed by atoms with Crippen LogP contribution in [0.1, 0.15) is 91.1 Å². The van der Waals surface area contributed by atoms with Gasteiger partial charge in [-0.25, -0.2) is 9.78 Å². The Bertz CT molecular complexity index is 1880. The molecule has 1 aromatic heterocycles. The fourth-order valence-electron chi connectivity index (χ4n) is 8.47. The topological polar surface area (TPSA) is 193 Å². The molecule has 55 heavy (non-hydrogen) atoms. The number of anilines is 1. The summed E-state index contributed by atoms with van der Waals surface area (Å²) in [6.45, 7) is 5.14. The number of rotatable bonds is 17. The molecule has 0 radical (unpaired) electrons. The quantitative estimate of drug-likeness (QED) is 0.0258. The Labute approximate surface area is 323 Å².